The van der Waals surface area contributed by atoms with E-state index in [-0.39, 0.29) is 30.0 Å². The molecule has 0 fully saturated rings. The Morgan fingerprint density at radius 3 is 2.11 bits per heavy atom. The highest BCUT2D eigenvalue weighted by Crippen LogP contribution is 2.29. The SMILES string of the molecule is CCN([C@@H](CC1=CCC(=NO)C(N)=C1C)C(=O)Nc1ccc(-c2ccccc2S(N)(=O)=O)cc1)S(C)(=O)=O.O=C(O)C(F)(F)F. The standard InChI is InChI=1S/C25H31N5O6S2.C2HF3O2/c1-4-30(37(3,33)34)22(15-18-11-14-21(29-32)24(26)16(18)2)25(31)28-19-12-9-17(10-13-19)20-7-5-6-8-23(20)38(27,35)36;3-2(4,5)1(6)7/h5-13,22,32H,4,14-15,26H2,1-3H3,(H,28,31)(H2,27,35,36);(H,6,7)/t22-;/m0./s1. The fourth-order valence-electron chi connectivity index (χ4n) is 4.33. The first-order chi connectivity index (χ1) is 20.7. The number of nitrogens with one attached hydrogen (secondary N) is 1. The number of primary sulfonamides is 1. The van der Waals surface area contributed by atoms with Crippen LogP contribution >= 0.6 is 0 Å². The fraction of sp³-hybridized carbons (Fsp3) is 0.296. The third-order valence-electron chi connectivity index (χ3n) is 6.56. The summed E-state index contributed by atoms with van der Waals surface area (Å²) in [6, 6.07) is 11.7. The monoisotopic (exact) mass is 675 g/mol. The molecule has 0 saturated carbocycles. The van der Waals surface area contributed by atoms with Crippen molar-refractivity contribution in [3.05, 3.63) is 71.5 Å². The van der Waals surface area contributed by atoms with Crippen molar-refractivity contribution in [2.24, 2.45) is 16.0 Å². The van der Waals surface area contributed by atoms with Crippen LogP contribution in [0.1, 0.15) is 26.7 Å². The number of nitrogens with two attached hydrogens (primary N) is 2. The lowest BCUT2D eigenvalue weighted by Crippen LogP contribution is -2.47. The van der Waals surface area contributed by atoms with E-state index in [9.17, 15) is 34.8 Å². The average Bonchev–Trinajstić information content (AvgIpc) is 2.94. The molecule has 18 heteroatoms. The van der Waals surface area contributed by atoms with Crippen molar-refractivity contribution in [3.8, 4) is 11.1 Å². The molecule has 2 aromatic carbocycles. The van der Waals surface area contributed by atoms with Gasteiger partial charge >= 0.3 is 12.1 Å². The number of likely N-dealkylation sites (N-methyl/N-ethyl adjacent to an activating group) is 1. The number of hydrogen-bond acceptors (Lipinski definition) is 9. The second kappa shape index (κ2) is 14.7. The fourth-order valence-corrected chi connectivity index (χ4v) is 6.20. The lowest BCUT2D eigenvalue weighted by atomic mass is 9.90. The highest BCUT2D eigenvalue weighted by molar-refractivity contribution is 7.89. The van der Waals surface area contributed by atoms with E-state index in [0.29, 0.717) is 33.7 Å². The summed E-state index contributed by atoms with van der Waals surface area (Å²) >= 11 is 0. The number of alkyl halides is 3. The lowest BCUT2D eigenvalue weighted by molar-refractivity contribution is -0.192. The number of carboxylic acids is 1. The number of oxime groups is 1. The summed E-state index contributed by atoms with van der Waals surface area (Å²) in [6.07, 6.45) is -1.99. The largest absolute Gasteiger partial charge is 0.490 e. The van der Waals surface area contributed by atoms with Gasteiger partial charge in [0.25, 0.3) is 0 Å². The maximum Gasteiger partial charge on any atom is 0.490 e. The first-order valence-corrected chi connectivity index (χ1v) is 16.3. The quantitative estimate of drug-likeness (QED) is 0.194. The molecule has 0 radical (unpaired) electrons. The van der Waals surface area contributed by atoms with Crippen LogP contribution in [0.5, 0.6) is 0 Å². The van der Waals surface area contributed by atoms with Crippen LogP contribution in [-0.4, -0.2) is 74.1 Å². The van der Waals surface area contributed by atoms with Gasteiger partial charge in [-0.1, -0.05) is 48.5 Å². The number of sulfonamides is 2. The van der Waals surface area contributed by atoms with Gasteiger partial charge in [-0.15, -0.1) is 0 Å². The van der Waals surface area contributed by atoms with Gasteiger partial charge in [-0.3, -0.25) is 4.79 Å². The zero-order valence-corrected chi connectivity index (χ0v) is 25.9. The van der Waals surface area contributed by atoms with Gasteiger partial charge in [0.15, 0.2) is 0 Å². The maximum absolute atomic E-state index is 13.4. The molecule has 0 spiro atoms. The van der Waals surface area contributed by atoms with Gasteiger partial charge in [0.2, 0.25) is 26.0 Å². The summed E-state index contributed by atoms with van der Waals surface area (Å²) in [6.45, 7) is 3.42. The van der Waals surface area contributed by atoms with E-state index in [4.69, 9.17) is 26.0 Å². The van der Waals surface area contributed by atoms with Crippen LogP contribution in [0.2, 0.25) is 0 Å². The minimum Gasteiger partial charge on any atom is -0.475 e. The number of amides is 1. The van der Waals surface area contributed by atoms with Gasteiger partial charge in [0, 0.05) is 24.2 Å². The maximum atomic E-state index is 13.4. The number of benzene rings is 2. The molecule has 13 nitrogen and oxygen atoms in total. The number of carbonyl (C=O) groups excluding carboxylic acids is 1. The van der Waals surface area contributed by atoms with Gasteiger partial charge in [0.05, 0.1) is 16.8 Å². The molecule has 2 aromatic rings. The van der Waals surface area contributed by atoms with Crippen molar-refractivity contribution in [3.63, 3.8) is 0 Å². The van der Waals surface area contributed by atoms with Crippen molar-refractivity contribution in [2.45, 2.75) is 43.8 Å². The molecule has 246 valence electrons. The Morgan fingerprint density at radius 1 is 1.09 bits per heavy atom. The molecule has 45 heavy (non-hydrogen) atoms. The van der Waals surface area contributed by atoms with Crippen LogP contribution < -0.4 is 16.2 Å². The molecule has 0 aromatic heterocycles. The van der Waals surface area contributed by atoms with Crippen molar-refractivity contribution in [1.29, 1.82) is 0 Å². The Hall–Kier alpha value is -4.26. The van der Waals surface area contributed by atoms with Crippen molar-refractivity contribution in [2.75, 3.05) is 18.1 Å². The molecule has 0 bridgehead atoms. The number of carboxylic acid groups (broad SMARTS) is 1. The molecule has 0 heterocycles. The van der Waals surface area contributed by atoms with Gasteiger partial charge in [-0.25, -0.2) is 26.8 Å². The zero-order chi connectivity index (χ0) is 34.3. The summed E-state index contributed by atoms with van der Waals surface area (Å²) in [5, 5.41) is 27.5. The molecular weight excluding hydrogens is 643 g/mol. The van der Waals surface area contributed by atoms with Crippen molar-refractivity contribution in [1.82, 2.24) is 4.31 Å². The van der Waals surface area contributed by atoms with E-state index in [1.165, 1.54) is 6.07 Å². The molecule has 1 aliphatic rings. The Morgan fingerprint density at radius 2 is 1.64 bits per heavy atom. The molecule has 0 saturated heterocycles. The summed E-state index contributed by atoms with van der Waals surface area (Å²) in [7, 11) is -7.69. The molecule has 7 N–H and O–H groups in total. The van der Waals surface area contributed by atoms with Gasteiger partial charge in [-0.2, -0.15) is 17.5 Å². The Balaban J connectivity index is 0.000000900. The van der Waals surface area contributed by atoms with Crippen LogP contribution in [0, 0.1) is 0 Å². The Kier molecular flexibility index (Phi) is 12.0. The number of carbonyl (C=O) groups is 2. The number of nitrogens with zero attached hydrogens (tertiary/aromatic N) is 2. The van der Waals surface area contributed by atoms with E-state index in [1.54, 1.807) is 62.4 Å². The molecule has 3 rings (SSSR count). The topological polar surface area (TPSA) is 223 Å². The summed E-state index contributed by atoms with van der Waals surface area (Å²) in [4.78, 5) is 22.3. The van der Waals surface area contributed by atoms with Gasteiger partial charge in [0.1, 0.15) is 11.8 Å². The second-order valence-corrected chi connectivity index (χ2v) is 13.1. The van der Waals surface area contributed by atoms with Crippen molar-refractivity contribution < 1.29 is 49.9 Å². The Bertz CT molecular complexity index is 1740. The normalized spacial score (nSPS) is 15.6. The third-order valence-corrected chi connectivity index (χ3v) is 8.89. The van der Waals surface area contributed by atoms with Gasteiger partial charge in [-0.05, 0) is 48.3 Å². The minimum atomic E-state index is -5.08. The molecule has 0 aliphatic heterocycles. The Labute approximate surface area is 257 Å². The summed E-state index contributed by atoms with van der Waals surface area (Å²) in [5.74, 6) is -3.31. The molecule has 1 atom stereocenters. The van der Waals surface area contributed by atoms with Crippen LogP contribution in [0.4, 0.5) is 18.9 Å². The van der Waals surface area contributed by atoms with Crippen molar-refractivity contribution >= 4 is 43.3 Å². The molecule has 1 amide bonds. The van der Waals surface area contributed by atoms with Crippen LogP contribution in [0.25, 0.3) is 11.1 Å². The zero-order valence-electron chi connectivity index (χ0n) is 24.2. The number of halogens is 3. The first kappa shape index (κ1) is 36.9. The molecular formula is C27H32F3N5O8S2. The number of anilines is 1. The van der Waals surface area contributed by atoms with E-state index < -0.39 is 44.1 Å². The first-order valence-electron chi connectivity index (χ1n) is 12.9. The molecule has 0 unspecified atom stereocenters. The summed E-state index contributed by atoms with van der Waals surface area (Å²) in [5.41, 5.74) is 9.29. The highest BCUT2D eigenvalue weighted by atomic mass is 32.2. The minimum absolute atomic E-state index is 0.0264. The number of allylic oxidation sites excluding steroid dienone is 3. The van der Waals surface area contributed by atoms with Crippen LogP contribution in [0.15, 0.2) is 81.5 Å². The van der Waals surface area contributed by atoms with E-state index >= 15 is 0 Å². The number of aliphatic carboxylic acids is 1. The summed E-state index contributed by atoms with van der Waals surface area (Å²) < 4.78 is 81.8. The van der Waals surface area contributed by atoms with Gasteiger partial charge < -0.3 is 21.4 Å². The second-order valence-electron chi connectivity index (χ2n) is 9.62. The predicted molar refractivity (Wildman–Crippen MR) is 160 cm³/mol. The van der Waals surface area contributed by atoms with E-state index in [1.807, 2.05) is 0 Å². The number of rotatable bonds is 9. The van der Waals surface area contributed by atoms with Crippen LogP contribution in [0.3, 0.4) is 0 Å². The smallest absolute Gasteiger partial charge is 0.475 e. The highest BCUT2D eigenvalue weighted by Gasteiger charge is 2.38. The predicted octanol–water partition coefficient (Wildman–Crippen LogP) is 3.01. The van der Waals surface area contributed by atoms with E-state index in [0.717, 1.165) is 10.6 Å². The lowest BCUT2D eigenvalue weighted by Gasteiger charge is -2.30. The number of hydrogen-bond donors (Lipinski definition) is 5. The molecule has 1 aliphatic carbocycles. The van der Waals surface area contributed by atoms with E-state index in [2.05, 4.69) is 10.5 Å². The average molecular weight is 676 g/mol. The van der Waals surface area contributed by atoms with Crippen LogP contribution in [-0.2, 0) is 29.6 Å². The third kappa shape index (κ3) is 9.87.